The Hall–Kier alpha value is -1.14. The molecule has 0 spiro atoms. The predicted molar refractivity (Wildman–Crippen MR) is 76.4 cm³/mol. The molecule has 0 radical (unpaired) electrons. The smallest absolute Gasteiger partial charge is 0.247 e. The first-order valence-corrected chi connectivity index (χ1v) is 6.94. The Morgan fingerprint density at radius 2 is 2.25 bits per heavy atom. The number of amides is 1. The summed E-state index contributed by atoms with van der Waals surface area (Å²) in [6.07, 6.45) is -1.43. The molecule has 0 bridgehead atoms. The molecule has 1 aromatic rings. The van der Waals surface area contributed by atoms with Crippen LogP contribution in [-0.4, -0.2) is 47.8 Å². The summed E-state index contributed by atoms with van der Waals surface area (Å²) in [5, 5.41) is 10.8. The highest BCUT2D eigenvalue weighted by Crippen LogP contribution is 2.24. The maximum atomic E-state index is 11.2. The summed E-state index contributed by atoms with van der Waals surface area (Å²) in [6, 6.07) is 7.19. The van der Waals surface area contributed by atoms with Gasteiger partial charge in [-0.15, -0.1) is 0 Å². The number of rotatable bonds is 4. The molecule has 6 heteroatoms. The molecular weight excluding hydrogens is 280 g/mol. The van der Waals surface area contributed by atoms with Crippen molar-refractivity contribution >= 4 is 17.5 Å². The van der Waals surface area contributed by atoms with Crippen LogP contribution in [0.1, 0.15) is 18.6 Å². The Morgan fingerprint density at radius 3 is 2.90 bits per heavy atom. The molecule has 1 heterocycles. The minimum atomic E-state index is -0.706. The van der Waals surface area contributed by atoms with E-state index in [9.17, 15) is 9.90 Å². The highest BCUT2D eigenvalue weighted by molar-refractivity contribution is 6.31. The van der Waals surface area contributed by atoms with Crippen LogP contribution in [0.4, 0.5) is 0 Å². The summed E-state index contributed by atoms with van der Waals surface area (Å²) in [4.78, 5) is 13.2. The molecule has 0 aliphatic carbocycles. The second-order valence-electron chi connectivity index (χ2n) is 5.09. The number of hydrogen-bond donors (Lipinski definition) is 2. The van der Waals surface area contributed by atoms with Gasteiger partial charge >= 0.3 is 0 Å². The molecule has 2 unspecified atom stereocenters. The fourth-order valence-corrected chi connectivity index (χ4v) is 2.70. The number of aliphatic hydroxyl groups is 1. The topological polar surface area (TPSA) is 75.8 Å². The van der Waals surface area contributed by atoms with Crippen LogP contribution in [0.2, 0.25) is 5.02 Å². The molecule has 3 atom stereocenters. The van der Waals surface area contributed by atoms with Crippen molar-refractivity contribution in [2.45, 2.75) is 25.2 Å². The van der Waals surface area contributed by atoms with E-state index in [4.69, 9.17) is 22.1 Å². The van der Waals surface area contributed by atoms with Crippen molar-refractivity contribution in [3.63, 3.8) is 0 Å². The van der Waals surface area contributed by atoms with Crippen molar-refractivity contribution in [1.82, 2.24) is 4.90 Å². The van der Waals surface area contributed by atoms with Crippen molar-refractivity contribution in [3.8, 4) is 0 Å². The molecule has 110 valence electrons. The number of halogens is 1. The Balaban J connectivity index is 2.02. The quantitative estimate of drug-likeness (QED) is 0.868. The lowest BCUT2D eigenvalue weighted by molar-refractivity contribution is -0.143. The molecule has 0 aromatic heterocycles. The lowest BCUT2D eigenvalue weighted by Gasteiger charge is -2.36. The van der Waals surface area contributed by atoms with Gasteiger partial charge in [0.1, 0.15) is 6.10 Å². The van der Waals surface area contributed by atoms with Crippen LogP contribution in [0, 0.1) is 0 Å². The highest BCUT2D eigenvalue weighted by Gasteiger charge is 2.30. The molecule has 1 fully saturated rings. The summed E-state index contributed by atoms with van der Waals surface area (Å²) in [5.41, 5.74) is 5.97. The van der Waals surface area contributed by atoms with Gasteiger partial charge in [-0.25, -0.2) is 0 Å². The van der Waals surface area contributed by atoms with Crippen LogP contribution in [-0.2, 0) is 9.53 Å². The van der Waals surface area contributed by atoms with E-state index in [1.807, 2.05) is 24.0 Å². The number of β-amino-alcohol motifs (C(OH)–C–C–N with tert-alkyl or cyclic N) is 1. The number of carbonyl (C=O) groups excluding carboxylic acids is 1. The monoisotopic (exact) mass is 298 g/mol. The van der Waals surface area contributed by atoms with Gasteiger partial charge in [-0.3, -0.25) is 9.69 Å². The molecule has 2 rings (SSSR count). The molecule has 20 heavy (non-hydrogen) atoms. The summed E-state index contributed by atoms with van der Waals surface area (Å²) in [5.74, 6) is -0.478. The first kappa shape index (κ1) is 15.3. The Morgan fingerprint density at radius 1 is 1.55 bits per heavy atom. The van der Waals surface area contributed by atoms with Gasteiger partial charge in [0, 0.05) is 30.2 Å². The summed E-state index contributed by atoms with van der Waals surface area (Å²) in [7, 11) is 0. The summed E-state index contributed by atoms with van der Waals surface area (Å²) < 4.78 is 5.47. The van der Waals surface area contributed by atoms with Gasteiger partial charge in [0.05, 0.1) is 12.2 Å². The summed E-state index contributed by atoms with van der Waals surface area (Å²) >= 11 is 6.07. The van der Waals surface area contributed by atoms with Crippen LogP contribution in [0.15, 0.2) is 24.3 Å². The molecule has 1 aliphatic rings. The zero-order chi connectivity index (χ0) is 14.7. The van der Waals surface area contributed by atoms with Gasteiger partial charge in [-0.2, -0.15) is 0 Å². The van der Waals surface area contributed by atoms with Crippen LogP contribution in [0.3, 0.4) is 0 Å². The molecule has 1 aliphatic heterocycles. The second-order valence-corrected chi connectivity index (χ2v) is 5.50. The standard InChI is InChI=1S/C14H19ClN2O3/c1-9-6-17(8-13(20-9)14(16)19)7-12(18)10-4-2-3-5-11(10)15/h2-5,9,12-13,18H,6-8H2,1H3,(H2,16,19)/t9-,12?,13?/m1/s1. The van der Waals surface area contributed by atoms with Crippen molar-refractivity contribution in [3.05, 3.63) is 34.9 Å². The van der Waals surface area contributed by atoms with Crippen LogP contribution in [0.5, 0.6) is 0 Å². The summed E-state index contributed by atoms with van der Waals surface area (Å²) in [6.45, 7) is 3.30. The molecule has 1 saturated heterocycles. The second kappa shape index (κ2) is 6.54. The molecule has 5 nitrogen and oxygen atoms in total. The number of aliphatic hydroxyl groups excluding tert-OH is 1. The van der Waals surface area contributed by atoms with Crippen LogP contribution >= 0.6 is 11.6 Å². The van der Waals surface area contributed by atoms with E-state index < -0.39 is 18.1 Å². The Kier molecular flexibility index (Phi) is 4.99. The van der Waals surface area contributed by atoms with Gasteiger partial charge in [-0.05, 0) is 13.0 Å². The number of ether oxygens (including phenoxy) is 1. The van der Waals surface area contributed by atoms with E-state index in [1.165, 1.54) is 0 Å². The molecule has 1 amide bonds. The lowest BCUT2D eigenvalue weighted by atomic mass is 10.1. The largest absolute Gasteiger partial charge is 0.387 e. The van der Waals surface area contributed by atoms with Crippen LogP contribution < -0.4 is 5.73 Å². The van der Waals surface area contributed by atoms with E-state index in [0.29, 0.717) is 30.2 Å². The third-order valence-electron chi connectivity index (χ3n) is 3.35. The number of nitrogens with zero attached hydrogens (tertiary/aromatic N) is 1. The van der Waals surface area contributed by atoms with E-state index in [0.717, 1.165) is 0 Å². The van der Waals surface area contributed by atoms with Crippen molar-refractivity contribution in [1.29, 1.82) is 0 Å². The normalized spacial score (nSPS) is 25.4. The highest BCUT2D eigenvalue weighted by atomic mass is 35.5. The Labute approximate surface area is 123 Å². The van der Waals surface area contributed by atoms with Gasteiger partial charge in [0.15, 0.2) is 0 Å². The average Bonchev–Trinajstić information content (AvgIpc) is 2.38. The average molecular weight is 299 g/mol. The van der Waals surface area contributed by atoms with Crippen LogP contribution in [0.25, 0.3) is 0 Å². The van der Waals surface area contributed by atoms with Crippen molar-refractivity contribution < 1.29 is 14.6 Å². The zero-order valence-corrected chi connectivity index (χ0v) is 12.1. The maximum Gasteiger partial charge on any atom is 0.247 e. The van der Waals surface area contributed by atoms with Gasteiger partial charge in [-0.1, -0.05) is 29.8 Å². The number of hydrogen-bond acceptors (Lipinski definition) is 4. The third kappa shape index (κ3) is 3.70. The number of nitrogens with two attached hydrogens (primary N) is 1. The number of carbonyl (C=O) groups is 1. The fraction of sp³-hybridized carbons (Fsp3) is 0.500. The van der Waals surface area contributed by atoms with Crippen molar-refractivity contribution in [2.24, 2.45) is 5.73 Å². The van der Waals surface area contributed by atoms with Gasteiger partial charge in [0.2, 0.25) is 5.91 Å². The van der Waals surface area contributed by atoms with E-state index in [2.05, 4.69) is 0 Å². The SMILES string of the molecule is C[C@@H]1CN(CC(O)c2ccccc2Cl)CC(C(N)=O)O1. The van der Waals surface area contributed by atoms with E-state index in [1.54, 1.807) is 12.1 Å². The molecule has 0 saturated carbocycles. The number of benzene rings is 1. The molecule has 1 aromatic carbocycles. The van der Waals surface area contributed by atoms with E-state index in [-0.39, 0.29) is 6.10 Å². The number of morpholine rings is 1. The minimum absolute atomic E-state index is 0.0975. The van der Waals surface area contributed by atoms with Gasteiger partial charge < -0.3 is 15.6 Å². The minimum Gasteiger partial charge on any atom is -0.387 e. The lowest BCUT2D eigenvalue weighted by Crippen LogP contribution is -2.52. The van der Waals surface area contributed by atoms with Crippen molar-refractivity contribution in [2.75, 3.05) is 19.6 Å². The third-order valence-corrected chi connectivity index (χ3v) is 3.69. The first-order valence-electron chi connectivity index (χ1n) is 6.57. The zero-order valence-electron chi connectivity index (χ0n) is 11.3. The first-order chi connectivity index (χ1) is 9.47. The predicted octanol–water partition coefficient (Wildman–Crippen LogP) is 0.948. The molecule has 3 N–H and O–H groups in total. The number of primary amides is 1. The van der Waals surface area contributed by atoms with E-state index >= 15 is 0 Å². The van der Waals surface area contributed by atoms with Gasteiger partial charge in [0.25, 0.3) is 0 Å². The Bertz CT molecular complexity index is 483. The molecular formula is C14H19ClN2O3. The maximum absolute atomic E-state index is 11.2. The fourth-order valence-electron chi connectivity index (χ4n) is 2.43.